The number of nitrogens with zero attached hydrogens (tertiary/aromatic N) is 1. The average Bonchev–Trinajstić information content (AvgIpc) is 2.57. The molecule has 1 fully saturated rings. The minimum atomic E-state index is 0.799. The van der Waals surface area contributed by atoms with Crippen LogP contribution < -0.4 is 5.32 Å². The molecule has 94 valence electrons. The van der Waals surface area contributed by atoms with Crippen molar-refractivity contribution < 1.29 is 4.74 Å². The summed E-state index contributed by atoms with van der Waals surface area (Å²) < 4.78 is 5.28. The predicted molar refractivity (Wildman–Crippen MR) is 75.2 cm³/mol. The fraction of sp³-hybridized carbons (Fsp3) is 0.909. The van der Waals surface area contributed by atoms with E-state index in [-0.39, 0.29) is 0 Å². The van der Waals surface area contributed by atoms with Crippen LogP contribution in [0.3, 0.4) is 0 Å². The summed E-state index contributed by atoms with van der Waals surface area (Å²) >= 11 is 7.40. The van der Waals surface area contributed by atoms with Crippen LogP contribution in [0.5, 0.6) is 0 Å². The monoisotopic (exact) mass is 262 g/mol. The lowest BCUT2D eigenvalue weighted by molar-refractivity contribution is 0.145. The van der Waals surface area contributed by atoms with E-state index < -0.39 is 0 Å². The third-order valence-corrected chi connectivity index (χ3v) is 3.91. The molecule has 0 spiro atoms. The summed E-state index contributed by atoms with van der Waals surface area (Å²) in [7, 11) is 0. The van der Waals surface area contributed by atoms with Crippen molar-refractivity contribution in [2.45, 2.75) is 19.8 Å². The molecule has 3 nitrogen and oxygen atoms in total. The molecule has 0 aromatic carbocycles. The molecule has 0 aliphatic carbocycles. The van der Waals surface area contributed by atoms with Crippen LogP contribution in [-0.4, -0.2) is 54.4 Å². The Morgan fingerprint density at radius 2 is 2.31 bits per heavy atom. The number of thiocarbonyl (C=S) groups is 1. The van der Waals surface area contributed by atoms with Crippen molar-refractivity contribution in [2.24, 2.45) is 0 Å². The lowest BCUT2D eigenvalue weighted by Gasteiger charge is -2.23. The zero-order valence-electron chi connectivity index (χ0n) is 10.0. The van der Waals surface area contributed by atoms with Gasteiger partial charge in [0.2, 0.25) is 0 Å². The Balaban J connectivity index is 2.08. The van der Waals surface area contributed by atoms with E-state index >= 15 is 0 Å². The summed E-state index contributed by atoms with van der Waals surface area (Å²) in [5.74, 6) is 2.46. The molecular weight excluding hydrogens is 240 g/mol. The van der Waals surface area contributed by atoms with Crippen LogP contribution in [0, 0.1) is 0 Å². The third-order valence-electron chi connectivity index (χ3n) is 2.46. The van der Waals surface area contributed by atoms with Gasteiger partial charge in [0.25, 0.3) is 0 Å². The van der Waals surface area contributed by atoms with Crippen molar-refractivity contribution in [2.75, 3.05) is 44.4 Å². The normalized spacial score (nSPS) is 16.9. The van der Waals surface area contributed by atoms with Gasteiger partial charge in [0.1, 0.15) is 0 Å². The first kappa shape index (κ1) is 14.1. The lowest BCUT2D eigenvalue weighted by atomic mass is 10.4. The van der Waals surface area contributed by atoms with E-state index in [9.17, 15) is 0 Å². The summed E-state index contributed by atoms with van der Waals surface area (Å²) in [4.78, 5) is 2.29. The van der Waals surface area contributed by atoms with Crippen LogP contribution in [0.25, 0.3) is 0 Å². The molecule has 0 aromatic heterocycles. The smallest absolute Gasteiger partial charge is 0.168 e. The summed E-state index contributed by atoms with van der Waals surface area (Å²) in [6.07, 6.45) is 2.27. The van der Waals surface area contributed by atoms with Gasteiger partial charge in [-0.1, -0.05) is 0 Å². The van der Waals surface area contributed by atoms with Crippen molar-refractivity contribution in [1.82, 2.24) is 10.2 Å². The molecule has 1 saturated heterocycles. The third kappa shape index (κ3) is 5.92. The average molecular weight is 262 g/mol. The highest BCUT2D eigenvalue weighted by Crippen LogP contribution is 2.09. The van der Waals surface area contributed by atoms with Crippen LogP contribution in [-0.2, 0) is 4.74 Å². The van der Waals surface area contributed by atoms with E-state index in [1.807, 2.05) is 18.7 Å². The first-order chi connectivity index (χ1) is 7.84. The fourth-order valence-electron chi connectivity index (χ4n) is 1.57. The van der Waals surface area contributed by atoms with Gasteiger partial charge in [0, 0.05) is 38.6 Å². The highest BCUT2D eigenvalue weighted by Gasteiger charge is 2.11. The number of ether oxygens (including phenoxy) is 1. The van der Waals surface area contributed by atoms with E-state index in [1.54, 1.807) is 0 Å². The minimum absolute atomic E-state index is 0.799. The Morgan fingerprint density at radius 1 is 1.44 bits per heavy atom. The molecule has 0 unspecified atom stereocenters. The van der Waals surface area contributed by atoms with E-state index in [1.165, 1.54) is 17.9 Å². The molecule has 0 bridgehead atoms. The quantitative estimate of drug-likeness (QED) is 0.601. The van der Waals surface area contributed by atoms with Gasteiger partial charge >= 0.3 is 0 Å². The number of thioether (sulfide) groups is 1. The Morgan fingerprint density at radius 3 is 3.12 bits per heavy atom. The molecule has 1 heterocycles. The Kier molecular flexibility index (Phi) is 7.98. The maximum absolute atomic E-state index is 5.38. The van der Waals surface area contributed by atoms with E-state index in [2.05, 4.69) is 10.2 Å². The van der Waals surface area contributed by atoms with Crippen LogP contribution in [0.1, 0.15) is 19.8 Å². The molecule has 1 N–H and O–H groups in total. The largest absolute Gasteiger partial charge is 0.382 e. The number of hydrogen-bond donors (Lipinski definition) is 1. The second-order valence-corrected chi connectivity index (χ2v) is 5.35. The lowest BCUT2D eigenvalue weighted by Crippen LogP contribution is -2.41. The molecule has 1 aliphatic heterocycles. The number of rotatable bonds is 5. The molecule has 5 heteroatoms. The maximum Gasteiger partial charge on any atom is 0.168 e. The molecule has 0 amide bonds. The van der Waals surface area contributed by atoms with Crippen molar-refractivity contribution >= 4 is 29.1 Å². The van der Waals surface area contributed by atoms with Crippen molar-refractivity contribution in [3.63, 3.8) is 0 Å². The SMILES string of the molecule is CCOCCCNC(=S)N1CCCSCC1. The van der Waals surface area contributed by atoms with E-state index in [0.717, 1.165) is 44.4 Å². The molecule has 0 atom stereocenters. The van der Waals surface area contributed by atoms with Gasteiger partial charge in [-0.05, 0) is 37.7 Å². The van der Waals surface area contributed by atoms with E-state index in [0.29, 0.717) is 0 Å². The Labute approximate surface area is 108 Å². The minimum Gasteiger partial charge on any atom is -0.382 e. The molecule has 0 aromatic rings. The van der Waals surface area contributed by atoms with Gasteiger partial charge in [0.15, 0.2) is 5.11 Å². The van der Waals surface area contributed by atoms with Crippen molar-refractivity contribution in [3.8, 4) is 0 Å². The van der Waals surface area contributed by atoms with Gasteiger partial charge < -0.3 is 15.0 Å². The number of hydrogen-bond acceptors (Lipinski definition) is 3. The molecule has 1 aliphatic rings. The fourth-order valence-corrected chi connectivity index (χ4v) is 2.75. The predicted octanol–water partition coefficient (Wildman–Crippen LogP) is 1.73. The highest BCUT2D eigenvalue weighted by atomic mass is 32.2. The summed E-state index contributed by atoms with van der Waals surface area (Å²) in [5.41, 5.74) is 0. The van der Waals surface area contributed by atoms with Gasteiger partial charge in [-0.2, -0.15) is 11.8 Å². The summed E-state index contributed by atoms with van der Waals surface area (Å²) in [6.45, 7) is 6.75. The van der Waals surface area contributed by atoms with Gasteiger partial charge in [-0.25, -0.2) is 0 Å². The van der Waals surface area contributed by atoms with Crippen LogP contribution >= 0.6 is 24.0 Å². The molecular formula is C11H22N2OS2. The summed E-state index contributed by atoms with van der Waals surface area (Å²) in [5, 5.41) is 4.22. The first-order valence-corrected chi connectivity index (χ1v) is 7.59. The second kappa shape index (κ2) is 9.07. The number of nitrogens with one attached hydrogen (secondary N) is 1. The zero-order chi connectivity index (χ0) is 11.6. The standard InChI is InChI=1S/C11H22N2OS2/c1-2-14-8-3-5-12-11(15)13-6-4-9-16-10-7-13/h2-10H2,1H3,(H,12,15). The van der Waals surface area contributed by atoms with Gasteiger partial charge in [-0.15, -0.1) is 0 Å². The Hall–Kier alpha value is 0. The second-order valence-electron chi connectivity index (χ2n) is 3.74. The zero-order valence-corrected chi connectivity index (χ0v) is 11.7. The van der Waals surface area contributed by atoms with Crippen LogP contribution in [0.4, 0.5) is 0 Å². The molecule has 0 saturated carbocycles. The topological polar surface area (TPSA) is 24.5 Å². The maximum atomic E-state index is 5.38. The van der Waals surface area contributed by atoms with Crippen molar-refractivity contribution in [3.05, 3.63) is 0 Å². The van der Waals surface area contributed by atoms with E-state index in [4.69, 9.17) is 17.0 Å². The summed E-state index contributed by atoms with van der Waals surface area (Å²) in [6, 6.07) is 0. The van der Waals surface area contributed by atoms with Gasteiger partial charge in [0.05, 0.1) is 0 Å². The van der Waals surface area contributed by atoms with Gasteiger partial charge in [-0.3, -0.25) is 0 Å². The Bertz CT molecular complexity index is 194. The first-order valence-electron chi connectivity index (χ1n) is 6.03. The molecule has 1 rings (SSSR count). The van der Waals surface area contributed by atoms with Crippen LogP contribution in [0.15, 0.2) is 0 Å². The van der Waals surface area contributed by atoms with Crippen molar-refractivity contribution in [1.29, 1.82) is 0 Å². The molecule has 16 heavy (non-hydrogen) atoms. The molecule has 0 radical (unpaired) electrons. The highest BCUT2D eigenvalue weighted by molar-refractivity contribution is 7.99. The van der Waals surface area contributed by atoms with Crippen LogP contribution in [0.2, 0.25) is 0 Å².